The molecule has 0 aromatic heterocycles. The van der Waals surface area contributed by atoms with Gasteiger partial charge in [0.2, 0.25) is 0 Å². The summed E-state index contributed by atoms with van der Waals surface area (Å²) in [6, 6.07) is 4.62. The van der Waals surface area contributed by atoms with E-state index in [1.807, 2.05) is 0 Å². The molecule has 0 fully saturated rings. The molecule has 1 aromatic rings. The first-order valence-electron chi connectivity index (χ1n) is 5.77. The van der Waals surface area contributed by atoms with Crippen LogP contribution in [0.15, 0.2) is 18.2 Å². The van der Waals surface area contributed by atoms with Crippen LogP contribution in [0.5, 0.6) is 0 Å². The molecule has 2 amide bonds. The molecule has 0 aliphatic carbocycles. The molecule has 0 radical (unpaired) electrons. The van der Waals surface area contributed by atoms with Crippen molar-refractivity contribution in [3.05, 3.63) is 28.2 Å². The van der Waals surface area contributed by atoms with Crippen molar-refractivity contribution in [2.75, 3.05) is 11.9 Å². The third kappa shape index (κ3) is 6.61. The Balaban J connectivity index is 2.27. The number of anilines is 1. The van der Waals surface area contributed by atoms with Crippen LogP contribution in [0, 0.1) is 0 Å². The summed E-state index contributed by atoms with van der Waals surface area (Å²) in [6.45, 7) is 0.565. The van der Waals surface area contributed by atoms with Crippen LogP contribution in [0.1, 0.15) is 19.3 Å². The topological polar surface area (TPSA) is 67.1 Å². The average molecular weight is 320 g/mol. The molecule has 0 aliphatic heterocycles. The van der Waals surface area contributed by atoms with E-state index in [0.29, 0.717) is 33.7 Å². The Hall–Kier alpha value is -1.04. The summed E-state index contributed by atoms with van der Waals surface area (Å²) in [5.74, 6) is 0. The van der Waals surface area contributed by atoms with E-state index in [0.717, 1.165) is 12.8 Å². The molecule has 19 heavy (non-hydrogen) atoms. The standard InChI is InChI=1S/C12H15Cl2N3OS/c13-9-5-4-8(7-10(9)14)17-12(18)16-6-2-1-3-11(15)19/h4-5,7H,1-3,6H2,(H2,15,19)(H2,16,17,18). The average Bonchev–Trinajstić information content (AvgIpc) is 2.33. The molecule has 0 heterocycles. The van der Waals surface area contributed by atoms with Gasteiger partial charge in [0.05, 0.1) is 15.0 Å². The molecule has 0 spiro atoms. The maximum Gasteiger partial charge on any atom is 0.319 e. The van der Waals surface area contributed by atoms with Gasteiger partial charge in [0.1, 0.15) is 0 Å². The van der Waals surface area contributed by atoms with Gasteiger partial charge in [-0.25, -0.2) is 4.79 Å². The lowest BCUT2D eigenvalue weighted by molar-refractivity contribution is 0.252. The van der Waals surface area contributed by atoms with E-state index in [2.05, 4.69) is 10.6 Å². The van der Waals surface area contributed by atoms with Gasteiger partial charge in [0, 0.05) is 12.2 Å². The Morgan fingerprint density at radius 3 is 2.63 bits per heavy atom. The van der Waals surface area contributed by atoms with Crippen LogP contribution in [-0.2, 0) is 0 Å². The second-order valence-electron chi connectivity index (χ2n) is 3.93. The molecule has 1 aromatic carbocycles. The molecular formula is C12H15Cl2N3OS. The fourth-order valence-corrected chi connectivity index (χ4v) is 1.82. The maximum absolute atomic E-state index is 11.6. The van der Waals surface area contributed by atoms with Crippen molar-refractivity contribution in [2.45, 2.75) is 19.3 Å². The SMILES string of the molecule is NC(=S)CCCCNC(=O)Nc1ccc(Cl)c(Cl)c1. The van der Waals surface area contributed by atoms with Crippen molar-refractivity contribution in [3.8, 4) is 0 Å². The molecule has 0 aliphatic rings. The number of thiocarbonyl (C=S) groups is 1. The first-order valence-corrected chi connectivity index (χ1v) is 6.93. The lowest BCUT2D eigenvalue weighted by Gasteiger charge is -2.08. The smallest absolute Gasteiger partial charge is 0.319 e. The van der Waals surface area contributed by atoms with Crippen LogP contribution >= 0.6 is 35.4 Å². The summed E-state index contributed by atoms with van der Waals surface area (Å²) in [5.41, 5.74) is 5.96. The van der Waals surface area contributed by atoms with Crippen molar-refractivity contribution in [1.29, 1.82) is 0 Å². The molecule has 7 heteroatoms. The van der Waals surface area contributed by atoms with Crippen LogP contribution in [0.3, 0.4) is 0 Å². The molecule has 0 atom stereocenters. The van der Waals surface area contributed by atoms with Crippen molar-refractivity contribution in [2.24, 2.45) is 5.73 Å². The number of nitrogens with one attached hydrogen (secondary N) is 2. The quantitative estimate of drug-likeness (QED) is 0.554. The van der Waals surface area contributed by atoms with E-state index in [1.165, 1.54) is 0 Å². The second-order valence-corrected chi connectivity index (χ2v) is 5.27. The highest BCUT2D eigenvalue weighted by Gasteiger charge is 2.03. The molecule has 4 nitrogen and oxygen atoms in total. The number of hydrogen-bond donors (Lipinski definition) is 3. The van der Waals surface area contributed by atoms with Gasteiger partial charge in [0.25, 0.3) is 0 Å². The number of hydrogen-bond acceptors (Lipinski definition) is 2. The minimum Gasteiger partial charge on any atom is -0.393 e. The van der Waals surface area contributed by atoms with E-state index in [9.17, 15) is 4.79 Å². The number of amides is 2. The number of halogens is 2. The molecule has 0 saturated carbocycles. The predicted molar refractivity (Wildman–Crippen MR) is 84.1 cm³/mol. The van der Waals surface area contributed by atoms with E-state index >= 15 is 0 Å². The number of unbranched alkanes of at least 4 members (excludes halogenated alkanes) is 1. The fraction of sp³-hybridized carbons (Fsp3) is 0.333. The second kappa shape index (κ2) is 8.19. The Morgan fingerprint density at radius 2 is 2.00 bits per heavy atom. The van der Waals surface area contributed by atoms with Crippen LogP contribution in [0.25, 0.3) is 0 Å². The zero-order valence-electron chi connectivity index (χ0n) is 10.2. The minimum atomic E-state index is -0.284. The maximum atomic E-state index is 11.6. The number of urea groups is 1. The number of carbonyl (C=O) groups excluding carboxylic acids is 1. The summed E-state index contributed by atoms with van der Waals surface area (Å²) in [7, 11) is 0. The van der Waals surface area contributed by atoms with Crippen LogP contribution < -0.4 is 16.4 Å². The zero-order chi connectivity index (χ0) is 14.3. The summed E-state index contributed by atoms with van der Waals surface area (Å²) in [4.78, 5) is 12.1. The third-order valence-electron chi connectivity index (χ3n) is 2.31. The summed E-state index contributed by atoms with van der Waals surface area (Å²) in [5, 5.41) is 6.24. The highest BCUT2D eigenvalue weighted by atomic mass is 35.5. The van der Waals surface area contributed by atoms with Gasteiger partial charge in [0.15, 0.2) is 0 Å². The molecule has 1 rings (SSSR count). The molecule has 0 bridgehead atoms. The largest absolute Gasteiger partial charge is 0.393 e. The normalized spacial score (nSPS) is 10.0. The van der Waals surface area contributed by atoms with Crippen molar-refractivity contribution < 1.29 is 4.79 Å². The van der Waals surface area contributed by atoms with Crippen molar-refractivity contribution >= 4 is 52.1 Å². The van der Waals surface area contributed by atoms with Gasteiger partial charge in [-0.1, -0.05) is 35.4 Å². The monoisotopic (exact) mass is 319 g/mol. The summed E-state index contributed by atoms with van der Waals surface area (Å²) < 4.78 is 0. The molecular weight excluding hydrogens is 305 g/mol. The van der Waals surface area contributed by atoms with E-state index < -0.39 is 0 Å². The van der Waals surface area contributed by atoms with E-state index in [4.69, 9.17) is 41.2 Å². The first-order chi connectivity index (χ1) is 8.99. The third-order valence-corrected chi connectivity index (χ3v) is 3.26. The highest BCUT2D eigenvalue weighted by molar-refractivity contribution is 7.80. The highest BCUT2D eigenvalue weighted by Crippen LogP contribution is 2.24. The number of nitrogens with two attached hydrogens (primary N) is 1. The van der Waals surface area contributed by atoms with Gasteiger partial charge in [-0.3, -0.25) is 0 Å². The Labute approximate surface area is 127 Å². The molecule has 0 unspecified atom stereocenters. The molecule has 0 saturated heterocycles. The lowest BCUT2D eigenvalue weighted by Crippen LogP contribution is -2.29. The summed E-state index contributed by atoms with van der Waals surface area (Å²) >= 11 is 16.4. The first kappa shape index (κ1) is 16.0. The number of carbonyl (C=O) groups is 1. The molecule has 104 valence electrons. The Bertz CT molecular complexity index is 468. The van der Waals surface area contributed by atoms with Gasteiger partial charge in [-0.2, -0.15) is 0 Å². The predicted octanol–water partition coefficient (Wildman–Crippen LogP) is 3.57. The number of benzene rings is 1. The van der Waals surface area contributed by atoms with Crippen molar-refractivity contribution in [1.82, 2.24) is 5.32 Å². The van der Waals surface area contributed by atoms with Crippen LogP contribution in [0.4, 0.5) is 10.5 Å². The van der Waals surface area contributed by atoms with Gasteiger partial charge in [-0.15, -0.1) is 0 Å². The number of rotatable bonds is 6. The van der Waals surface area contributed by atoms with Gasteiger partial charge in [-0.05, 0) is 37.5 Å². The van der Waals surface area contributed by atoms with E-state index in [-0.39, 0.29) is 6.03 Å². The summed E-state index contributed by atoms with van der Waals surface area (Å²) in [6.07, 6.45) is 2.39. The lowest BCUT2D eigenvalue weighted by atomic mass is 10.2. The van der Waals surface area contributed by atoms with Gasteiger partial charge >= 0.3 is 6.03 Å². The van der Waals surface area contributed by atoms with Crippen LogP contribution in [-0.4, -0.2) is 17.6 Å². The van der Waals surface area contributed by atoms with Crippen molar-refractivity contribution in [3.63, 3.8) is 0 Å². The Morgan fingerprint density at radius 1 is 1.26 bits per heavy atom. The van der Waals surface area contributed by atoms with Gasteiger partial charge < -0.3 is 16.4 Å². The zero-order valence-corrected chi connectivity index (χ0v) is 12.5. The fourth-order valence-electron chi connectivity index (χ4n) is 1.38. The van der Waals surface area contributed by atoms with E-state index in [1.54, 1.807) is 18.2 Å². The molecule has 4 N–H and O–H groups in total. The minimum absolute atomic E-state index is 0.284. The Kier molecular flexibility index (Phi) is 6.91. The van der Waals surface area contributed by atoms with Crippen LogP contribution in [0.2, 0.25) is 10.0 Å².